The molecule has 0 fully saturated rings. The van der Waals surface area contributed by atoms with Crippen molar-refractivity contribution in [2.45, 2.75) is 117 Å². The van der Waals surface area contributed by atoms with Gasteiger partial charge >= 0.3 is 11.9 Å². The summed E-state index contributed by atoms with van der Waals surface area (Å²) in [5.41, 5.74) is 11.5. The number of carbonyl (C=O) groups excluding carboxylic acids is 3. The number of aryl methyl sites for hydroxylation is 3. The predicted octanol–water partition coefficient (Wildman–Crippen LogP) is 8.80. The van der Waals surface area contributed by atoms with Gasteiger partial charge in [0.15, 0.2) is 0 Å². The van der Waals surface area contributed by atoms with E-state index in [-0.39, 0.29) is 36.6 Å². The lowest BCUT2D eigenvalue weighted by Crippen LogP contribution is -2.34. The summed E-state index contributed by atoms with van der Waals surface area (Å²) in [6.45, 7) is 10.6. The van der Waals surface area contributed by atoms with Crippen molar-refractivity contribution in [1.29, 1.82) is 0 Å². The van der Waals surface area contributed by atoms with Crippen molar-refractivity contribution in [3.8, 4) is 0 Å². The molecule has 10 heteroatoms. The van der Waals surface area contributed by atoms with Gasteiger partial charge in [0.1, 0.15) is 0 Å². The molecule has 3 aromatic heterocycles. The second kappa shape index (κ2) is 16.9. The summed E-state index contributed by atoms with van der Waals surface area (Å²) in [6.07, 6.45) is 8.41. The van der Waals surface area contributed by atoms with Gasteiger partial charge in [-0.3, -0.25) is 19.4 Å². The van der Waals surface area contributed by atoms with Crippen LogP contribution in [0, 0.1) is 13.8 Å². The molecule has 2 N–H and O–H groups in total. The Morgan fingerprint density at radius 3 is 2.17 bits per heavy atom. The molecule has 1 amide bonds. The minimum Gasteiger partial charge on any atom is -0.469 e. The van der Waals surface area contributed by atoms with Gasteiger partial charge in [0.25, 0.3) is 0 Å². The molecule has 8 bridgehead atoms. The number of amides is 1. The van der Waals surface area contributed by atoms with E-state index in [2.05, 4.69) is 61.9 Å². The Hall–Kier alpha value is -4.73. The topological polar surface area (TPSA) is 130 Å². The number of aromatic amines is 2. The third-order valence-electron chi connectivity index (χ3n) is 11.2. The van der Waals surface area contributed by atoms with Crippen molar-refractivity contribution in [3.05, 3.63) is 69.8 Å². The van der Waals surface area contributed by atoms with E-state index in [4.69, 9.17) is 19.4 Å². The lowest BCUT2D eigenvalue weighted by molar-refractivity contribution is -0.141. The second-order valence-electron chi connectivity index (χ2n) is 15.2. The van der Waals surface area contributed by atoms with Gasteiger partial charge in [-0.1, -0.05) is 46.0 Å². The molecule has 0 spiro atoms. The highest BCUT2D eigenvalue weighted by Gasteiger charge is 2.44. The summed E-state index contributed by atoms with van der Waals surface area (Å²) in [6, 6.07) is 10.5. The Kier molecular flexibility index (Phi) is 12.6. The van der Waals surface area contributed by atoms with Gasteiger partial charge in [0.2, 0.25) is 5.91 Å². The Morgan fingerprint density at radius 2 is 1.49 bits per heavy atom. The van der Waals surface area contributed by atoms with Crippen LogP contribution in [0.1, 0.15) is 130 Å². The highest BCUT2D eigenvalue weighted by Crippen LogP contribution is 2.48. The standard InChI is InChI=1S/C43H57N5O5/c1-10-11-12-13-14-15-32-38-23-35-28(4)31(17-19-42(51)53-9)37(46-35)24-36-30(16-18-41(50)52-8)27(3)34(45-36)22-33-26(2)20-29(44-33)21-39(47-38)43(32,5)25-40(49)48(6)7/h20-24,32,44,46H,10-19,25H2,1-9H3/t32-,43+/m0/s1. The van der Waals surface area contributed by atoms with Gasteiger partial charge in [0, 0.05) is 78.1 Å². The highest BCUT2D eigenvalue weighted by atomic mass is 16.5. The number of hydrogen-bond acceptors (Lipinski definition) is 7. The average Bonchev–Trinajstić information content (AvgIpc) is 3.79. The Bertz CT molecular complexity index is 2050. The fourth-order valence-corrected chi connectivity index (χ4v) is 7.81. The number of allylic oxidation sites excluding steroid dienone is 2. The fraction of sp³-hybridized carbons (Fsp3) is 0.512. The van der Waals surface area contributed by atoms with E-state index in [9.17, 15) is 14.4 Å². The quantitative estimate of drug-likeness (QED) is 0.126. The number of ether oxygens (including phenoxy) is 2. The molecule has 53 heavy (non-hydrogen) atoms. The van der Waals surface area contributed by atoms with E-state index in [1.165, 1.54) is 33.5 Å². The number of nitrogens with one attached hydrogen (secondary N) is 2. The van der Waals surface area contributed by atoms with Gasteiger partial charge in [-0.15, -0.1) is 0 Å². The third kappa shape index (κ3) is 8.74. The number of esters is 2. The molecule has 0 aromatic carbocycles. The van der Waals surface area contributed by atoms with Crippen molar-refractivity contribution in [1.82, 2.24) is 24.8 Å². The van der Waals surface area contributed by atoms with Crippen LogP contribution in [-0.4, -0.2) is 71.0 Å². The first kappa shape index (κ1) is 39.5. The first-order chi connectivity index (χ1) is 25.3. The fourth-order valence-electron chi connectivity index (χ4n) is 7.81. The first-order valence-electron chi connectivity index (χ1n) is 19.1. The SMILES string of the molecule is CCCCCCC[C@H]1c2cc3[nH]c(cc4nc(cc5[nH]c(cc(n2)[C@]1(C)CC(=O)N(C)C)cc5C)C(C)=C4CCC(=O)OC)c(CCC(=O)OC)c3C. The first-order valence-corrected chi connectivity index (χ1v) is 19.1. The number of carbonyl (C=O) groups is 3. The summed E-state index contributed by atoms with van der Waals surface area (Å²) in [4.78, 5) is 57.7. The van der Waals surface area contributed by atoms with E-state index in [0.29, 0.717) is 19.3 Å². The van der Waals surface area contributed by atoms with Gasteiger partial charge in [0.05, 0.1) is 25.6 Å². The lowest BCUT2D eigenvalue weighted by atomic mass is 9.70. The van der Waals surface area contributed by atoms with E-state index < -0.39 is 5.41 Å². The zero-order chi connectivity index (χ0) is 38.4. The maximum Gasteiger partial charge on any atom is 0.305 e. The Morgan fingerprint density at radius 1 is 0.811 bits per heavy atom. The van der Waals surface area contributed by atoms with Gasteiger partial charge in [-0.2, -0.15) is 0 Å². The minimum atomic E-state index is -0.537. The van der Waals surface area contributed by atoms with Crippen molar-refractivity contribution >= 4 is 51.1 Å². The summed E-state index contributed by atoms with van der Waals surface area (Å²) < 4.78 is 10.0. The maximum absolute atomic E-state index is 13.5. The van der Waals surface area contributed by atoms with Crippen molar-refractivity contribution in [3.63, 3.8) is 0 Å². The van der Waals surface area contributed by atoms with Crippen LogP contribution >= 0.6 is 0 Å². The van der Waals surface area contributed by atoms with E-state index in [1.54, 1.807) is 4.90 Å². The van der Waals surface area contributed by atoms with E-state index in [0.717, 1.165) is 91.9 Å². The van der Waals surface area contributed by atoms with Crippen LogP contribution in [0.4, 0.5) is 0 Å². The molecule has 2 aliphatic heterocycles. The number of nitrogens with zero attached hydrogens (tertiary/aromatic N) is 3. The minimum absolute atomic E-state index is 0.0113. The zero-order valence-corrected chi connectivity index (χ0v) is 33.1. The van der Waals surface area contributed by atoms with Crippen molar-refractivity contribution in [2.75, 3.05) is 28.3 Å². The molecule has 0 saturated carbocycles. The number of aromatic nitrogens is 4. The molecule has 2 aliphatic rings. The molecule has 284 valence electrons. The summed E-state index contributed by atoms with van der Waals surface area (Å²) >= 11 is 0. The molecular weight excluding hydrogens is 667 g/mol. The molecule has 0 radical (unpaired) electrons. The molecule has 0 saturated heterocycles. The van der Waals surface area contributed by atoms with Crippen LogP contribution in [0.15, 0.2) is 30.3 Å². The lowest BCUT2D eigenvalue weighted by Gasteiger charge is -2.32. The summed E-state index contributed by atoms with van der Waals surface area (Å²) in [5, 5.41) is 0. The molecule has 3 aromatic rings. The number of unbranched alkanes of at least 4 members (excludes halogenated alkanes) is 4. The van der Waals surface area contributed by atoms with Gasteiger partial charge < -0.3 is 24.3 Å². The van der Waals surface area contributed by atoms with E-state index >= 15 is 0 Å². The van der Waals surface area contributed by atoms with Gasteiger partial charge in [-0.25, -0.2) is 4.98 Å². The second-order valence-corrected chi connectivity index (χ2v) is 15.2. The van der Waals surface area contributed by atoms with Crippen LogP contribution in [-0.2, 0) is 35.7 Å². The number of rotatable bonds is 14. The smallest absolute Gasteiger partial charge is 0.305 e. The molecule has 0 unspecified atom stereocenters. The van der Waals surface area contributed by atoms with Crippen LogP contribution in [0.25, 0.3) is 33.2 Å². The molecule has 2 atom stereocenters. The normalized spacial score (nSPS) is 16.9. The molecule has 10 nitrogen and oxygen atoms in total. The van der Waals surface area contributed by atoms with Crippen molar-refractivity contribution in [2.24, 2.45) is 0 Å². The van der Waals surface area contributed by atoms with Crippen LogP contribution in [0.5, 0.6) is 0 Å². The maximum atomic E-state index is 13.5. The monoisotopic (exact) mass is 723 g/mol. The number of hydrogen-bond donors (Lipinski definition) is 2. The summed E-state index contributed by atoms with van der Waals surface area (Å²) in [7, 11) is 6.45. The molecule has 5 rings (SSSR count). The van der Waals surface area contributed by atoms with Crippen LogP contribution in [0.2, 0.25) is 0 Å². The largest absolute Gasteiger partial charge is 0.469 e. The van der Waals surface area contributed by atoms with Crippen LogP contribution in [0.3, 0.4) is 0 Å². The van der Waals surface area contributed by atoms with Crippen molar-refractivity contribution < 1.29 is 23.9 Å². The zero-order valence-electron chi connectivity index (χ0n) is 33.1. The van der Waals surface area contributed by atoms with E-state index in [1.807, 2.05) is 27.1 Å². The predicted molar refractivity (Wildman–Crippen MR) is 211 cm³/mol. The molecule has 0 aliphatic carbocycles. The molecular formula is C43H57N5O5. The summed E-state index contributed by atoms with van der Waals surface area (Å²) in [5.74, 6) is -0.474. The Balaban J connectivity index is 1.83. The third-order valence-corrected chi connectivity index (χ3v) is 11.2. The molecule has 5 heterocycles. The number of H-pyrrole nitrogens is 2. The number of methoxy groups -OCH3 is 2. The highest BCUT2D eigenvalue weighted by molar-refractivity contribution is 5.94. The van der Waals surface area contributed by atoms with Crippen LogP contribution < -0.4 is 0 Å². The number of fused-ring (bicyclic) bond motifs is 8. The average molecular weight is 724 g/mol. The van der Waals surface area contributed by atoms with Gasteiger partial charge in [-0.05, 0) is 98.2 Å². The Labute approximate surface area is 313 Å².